The zero-order chi connectivity index (χ0) is 13.8. The Kier molecular flexibility index (Phi) is 3.66. The van der Waals surface area contributed by atoms with Crippen LogP contribution in [0.3, 0.4) is 0 Å². The Morgan fingerprint density at radius 1 is 1.32 bits per heavy atom. The molecule has 0 unspecified atom stereocenters. The number of pyridine rings is 1. The first-order chi connectivity index (χ1) is 9.11. The molecule has 0 aliphatic rings. The highest BCUT2D eigenvalue weighted by Gasteiger charge is 2.09. The Morgan fingerprint density at radius 3 is 2.84 bits per heavy atom. The van der Waals surface area contributed by atoms with Crippen molar-refractivity contribution in [3.05, 3.63) is 47.8 Å². The standard InChI is InChI=1S/C14H14N2O3/c1-9-11(15)4-3-5-13(9)19-10-6-7-16-12(8-10)14(17)18-2/h3-8H,15H2,1-2H3. The third kappa shape index (κ3) is 2.82. The third-order valence-electron chi connectivity index (χ3n) is 2.68. The number of hydrogen-bond acceptors (Lipinski definition) is 5. The highest BCUT2D eigenvalue weighted by Crippen LogP contribution is 2.28. The molecule has 1 aromatic carbocycles. The van der Waals surface area contributed by atoms with Crippen molar-refractivity contribution in [2.75, 3.05) is 12.8 Å². The van der Waals surface area contributed by atoms with Crippen LogP contribution in [0.4, 0.5) is 5.69 Å². The van der Waals surface area contributed by atoms with Gasteiger partial charge in [0.05, 0.1) is 7.11 Å². The predicted octanol–water partition coefficient (Wildman–Crippen LogP) is 2.55. The minimum absolute atomic E-state index is 0.196. The first-order valence-electron chi connectivity index (χ1n) is 5.69. The van der Waals surface area contributed by atoms with E-state index in [0.29, 0.717) is 17.2 Å². The molecule has 98 valence electrons. The summed E-state index contributed by atoms with van der Waals surface area (Å²) < 4.78 is 10.3. The van der Waals surface area contributed by atoms with Crippen molar-refractivity contribution in [2.24, 2.45) is 0 Å². The number of benzene rings is 1. The van der Waals surface area contributed by atoms with Crippen LogP contribution in [0.25, 0.3) is 0 Å². The van der Waals surface area contributed by atoms with Gasteiger partial charge in [-0.1, -0.05) is 6.07 Å². The Morgan fingerprint density at radius 2 is 2.11 bits per heavy atom. The molecular formula is C14H14N2O3. The number of nitrogens with two attached hydrogens (primary N) is 1. The molecule has 1 aromatic heterocycles. The third-order valence-corrected chi connectivity index (χ3v) is 2.68. The second kappa shape index (κ2) is 5.39. The topological polar surface area (TPSA) is 74.4 Å². The lowest BCUT2D eigenvalue weighted by atomic mass is 10.2. The largest absolute Gasteiger partial charge is 0.464 e. The van der Waals surface area contributed by atoms with E-state index in [0.717, 1.165) is 5.56 Å². The van der Waals surface area contributed by atoms with Crippen LogP contribution in [0.5, 0.6) is 11.5 Å². The fraction of sp³-hybridized carbons (Fsp3) is 0.143. The fourth-order valence-electron chi connectivity index (χ4n) is 1.56. The summed E-state index contributed by atoms with van der Waals surface area (Å²) in [7, 11) is 1.31. The van der Waals surface area contributed by atoms with Gasteiger partial charge in [0.15, 0.2) is 5.69 Å². The van der Waals surface area contributed by atoms with Gasteiger partial charge in [-0.3, -0.25) is 0 Å². The summed E-state index contributed by atoms with van der Waals surface area (Å²) in [5.41, 5.74) is 7.50. The van der Waals surface area contributed by atoms with Crippen LogP contribution >= 0.6 is 0 Å². The molecule has 0 radical (unpaired) electrons. The van der Waals surface area contributed by atoms with Gasteiger partial charge in [0.25, 0.3) is 0 Å². The van der Waals surface area contributed by atoms with Crippen LogP contribution < -0.4 is 10.5 Å². The summed E-state index contributed by atoms with van der Waals surface area (Å²) in [5.74, 6) is 0.640. The average molecular weight is 258 g/mol. The summed E-state index contributed by atoms with van der Waals surface area (Å²) in [5, 5.41) is 0. The van der Waals surface area contributed by atoms with E-state index in [1.807, 2.05) is 13.0 Å². The second-order valence-corrected chi connectivity index (χ2v) is 3.94. The van der Waals surface area contributed by atoms with Crippen molar-refractivity contribution in [1.29, 1.82) is 0 Å². The number of nitrogens with zero attached hydrogens (tertiary/aromatic N) is 1. The van der Waals surface area contributed by atoms with Crippen LogP contribution in [0.1, 0.15) is 16.1 Å². The van der Waals surface area contributed by atoms with Crippen LogP contribution in [0, 0.1) is 6.92 Å². The lowest BCUT2D eigenvalue weighted by molar-refractivity contribution is 0.0593. The Balaban J connectivity index is 2.28. The van der Waals surface area contributed by atoms with E-state index in [1.54, 1.807) is 18.2 Å². The molecule has 0 atom stereocenters. The number of carbonyl (C=O) groups excluding carboxylic acids is 1. The molecule has 0 spiro atoms. The van der Waals surface area contributed by atoms with Gasteiger partial charge < -0.3 is 15.2 Å². The zero-order valence-electron chi connectivity index (χ0n) is 10.7. The van der Waals surface area contributed by atoms with E-state index in [4.69, 9.17) is 10.5 Å². The Labute approximate surface area is 111 Å². The van der Waals surface area contributed by atoms with Crippen LogP contribution in [0.2, 0.25) is 0 Å². The quantitative estimate of drug-likeness (QED) is 0.676. The van der Waals surface area contributed by atoms with Gasteiger partial charge in [-0.2, -0.15) is 0 Å². The molecule has 5 heteroatoms. The molecule has 2 aromatic rings. The zero-order valence-corrected chi connectivity index (χ0v) is 10.7. The van der Waals surface area contributed by atoms with Gasteiger partial charge in [-0.15, -0.1) is 0 Å². The van der Waals surface area contributed by atoms with Crippen molar-refractivity contribution in [3.8, 4) is 11.5 Å². The van der Waals surface area contributed by atoms with Gasteiger partial charge in [0, 0.05) is 23.5 Å². The van der Waals surface area contributed by atoms with E-state index < -0.39 is 5.97 Å². The maximum absolute atomic E-state index is 11.4. The molecule has 19 heavy (non-hydrogen) atoms. The van der Waals surface area contributed by atoms with Gasteiger partial charge >= 0.3 is 5.97 Å². The molecule has 0 aliphatic carbocycles. The van der Waals surface area contributed by atoms with Gasteiger partial charge in [0.1, 0.15) is 11.5 Å². The summed E-state index contributed by atoms with van der Waals surface area (Å²) in [6.07, 6.45) is 1.49. The first kappa shape index (κ1) is 12.9. The number of ether oxygens (including phenoxy) is 2. The van der Waals surface area contributed by atoms with E-state index in [1.165, 1.54) is 19.4 Å². The molecule has 2 rings (SSSR count). The van der Waals surface area contributed by atoms with E-state index in [2.05, 4.69) is 9.72 Å². The molecule has 0 fully saturated rings. The van der Waals surface area contributed by atoms with Gasteiger partial charge in [-0.25, -0.2) is 9.78 Å². The van der Waals surface area contributed by atoms with Crippen molar-refractivity contribution in [2.45, 2.75) is 6.92 Å². The van der Waals surface area contributed by atoms with E-state index >= 15 is 0 Å². The molecule has 0 aliphatic heterocycles. The molecule has 5 nitrogen and oxygen atoms in total. The lowest BCUT2D eigenvalue weighted by Gasteiger charge is -2.10. The average Bonchev–Trinajstić information content (AvgIpc) is 2.43. The Hall–Kier alpha value is -2.56. The second-order valence-electron chi connectivity index (χ2n) is 3.94. The number of aromatic nitrogens is 1. The molecule has 0 saturated carbocycles. The SMILES string of the molecule is COC(=O)c1cc(Oc2cccc(N)c2C)ccn1. The highest BCUT2D eigenvalue weighted by molar-refractivity contribution is 5.87. The normalized spacial score (nSPS) is 10.0. The first-order valence-corrected chi connectivity index (χ1v) is 5.69. The molecular weight excluding hydrogens is 244 g/mol. The molecule has 0 amide bonds. The number of nitrogen functional groups attached to an aromatic ring is 1. The van der Waals surface area contributed by atoms with Crippen LogP contribution in [0.15, 0.2) is 36.5 Å². The summed E-state index contributed by atoms with van der Waals surface area (Å²) >= 11 is 0. The number of carbonyl (C=O) groups is 1. The Bertz CT molecular complexity index is 611. The van der Waals surface area contributed by atoms with Gasteiger partial charge in [0.2, 0.25) is 0 Å². The number of rotatable bonds is 3. The smallest absolute Gasteiger partial charge is 0.356 e. The summed E-state index contributed by atoms with van der Waals surface area (Å²) in [4.78, 5) is 15.3. The van der Waals surface area contributed by atoms with Crippen molar-refractivity contribution >= 4 is 11.7 Å². The molecule has 1 heterocycles. The number of methoxy groups -OCH3 is 1. The molecule has 0 saturated heterocycles. The summed E-state index contributed by atoms with van der Waals surface area (Å²) in [6.45, 7) is 1.87. The van der Waals surface area contributed by atoms with E-state index in [9.17, 15) is 4.79 Å². The number of esters is 1. The fourth-order valence-corrected chi connectivity index (χ4v) is 1.56. The van der Waals surface area contributed by atoms with Crippen LogP contribution in [-0.4, -0.2) is 18.1 Å². The van der Waals surface area contributed by atoms with Crippen LogP contribution in [-0.2, 0) is 4.74 Å². The number of hydrogen-bond donors (Lipinski definition) is 1. The monoisotopic (exact) mass is 258 g/mol. The number of anilines is 1. The molecule has 0 bridgehead atoms. The van der Waals surface area contributed by atoms with Crippen molar-refractivity contribution in [1.82, 2.24) is 4.98 Å². The molecule has 2 N–H and O–H groups in total. The lowest BCUT2D eigenvalue weighted by Crippen LogP contribution is -2.04. The van der Waals surface area contributed by atoms with Crippen molar-refractivity contribution < 1.29 is 14.3 Å². The predicted molar refractivity (Wildman–Crippen MR) is 71.2 cm³/mol. The van der Waals surface area contributed by atoms with E-state index in [-0.39, 0.29) is 5.69 Å². The van der Waals surface area contributed by atoms with Gasteiger partial charge in [-0.05, 0) is 25.1 Å². The minimum Gasteiger partial charge on any atom is -0.464 e. The maximum Gasteiger partial charge on any atom is 0.356 e. The van der Waals surface area contributed by atoms with Crippen molar-refractivity contribution in [3.63, 3.8) is 0 Å². The maximum atomic E-state index is 11.4. The minimum atomic E-state index is -0.505. The summed E-state index contributed by atoms with van der Waals surface area (Å²) in [6, 6.07) is 8.60. The highest BCUT2D eigenvalue weighted by atomic mass is 16.5.